The van der Waals surface area contributed by atoms with Gasteiger partial charge >= 0.3 is 12.2 Å². The van der Waals surface area contributed by atoms with Crippen LogP contribution in [0.2, 0.25) is 0 Å². The summed E-state index contributed by atoms with van der Waals surface area (Å²) >= 11 is 0.956. The van der Waals surface area contributed by atoms with E-state index in [9.17, 15) is 27.2 Å². The minimum absolute atomic E-state index is 0.0224. The standard InChI is InChI=1S/C21H21F4N5O2S/c1-11(26)10-30(2)18(31)17(21(23,24)25)12-3-8-15-16(9-12)33-20(28-15)29-19(32)27-14-6-4-13(22)5-7-14/h3-9,11,17H,10,26H2,1-2H3,(H2,27,28,29,32)/t11?,17-/m1/s1. The molecule has 1 aromatic heterocycles. The van der Waals surface area contributed by atoms with Crippen LogP contribution in [0.15, 0.2) is 42.5 Å². The molecule has 2 aromatic carbocycles. The van der Waals surface area contributed by atoms with Gasteiger partial charge in [-0.3, -0.25) is 10.1 Å². The summed E-state index contributed by atoms with van der Waals surface area (Å²) in [6, 6.07) is 7.77. The number of halogens is 4. The number of carbonyl (C=O) groups is 2. The van der Waals surface area contributed by atoms with Gasteiger partial charge in [0.2, 0.25) is 5.91 Å². The lowest BCUT2D eigenvalue weighted by molar-refractivity contribution is -0.171. The van der Waals surface area contributed by atoms with Crippen molar-refractivity contribution in [2.75, 3.05) is 24.2 Å². The Balaban J connectivity index is 1.81. The Morgan fingerprint density at radius 2 is 1.82 bits per heavy atom. The molecule has 0 fully saturated rings. The molecule has 33 heavy (non-hydrogen) atoms. The van der Waals surface area contributed by atoms with E-state index in [1.807, 2.05) is 0 Å². The van der Waals surface area contributed by atoms with Crippen LogP contribution < -0.4 is 16.4 Å². The summed E-state index contributed by atoms with van der Waals surface area (Å²) in [5.74, 6) is -3.92. The molecule has 4 N–H and O–H groups in total. The highest BCUT2D eigenvalue weighted by Gasteiger charge is 2.47. The highest BCUT2D eigenvalue weighted by molar-refractivity contribution is 7.22. The van der Waals surface area contributed by atoms with Crippen molar-refractivity contribution in [3.63, 3.8) is 0 Å². The van der Waals surface area contributed by atoms with Crippen molar-refractivity contribution in [2.45, 2.75) is 25.1 Å². The minimum atomic E-state index is -4.81. The fraction of sp³-hybridized carbons (Fsp3) is 0.286. The number of hydrogen-bond donors (Lipinski definition) is 3. The van der Waals surface area contributed by atoms with Gasteiger partial charge < -0.3 is 16.0 Å². The number of hydrogen-bond acceptors (Lipinski definition) is 5. The van der Waals surface area contributed by atoms with Crippen molar-refractivity contribution < 1.29 is 27.2 Å². The van der Waals surface area contributed by atoms with Gasteiger partial charge in [-0.25, -0.2) is 14.2 Å². The third kappa shape index (κ3) is 6.17. The van der Waals surface area contributed by atoms with Crippen LogP contribution >= 0.6 is 11.3 Å². The van der Waals surface area contributed by atoms with Gasteiger partial charge in [-0.1, -0.05) is 17.4 Å². The van der Waals surface area contributed by atoms with E-state index < -0.39 is 35.9 Å². The fourth-order valence-corrected chi connectivity index (χ4v) is 4.09. The Kier molecular flexibility index (Phi) is 7.18. The van der Waals surface area contributed by atoms with Gasteiger partial charge in [0.05, 0.1) is 10.2 Å². The van der Waals surface area contributed by atoms with Crippen LogP contribution in [0.4, 0.5) is 33.2 Å². The molecule has 0 aliphatic rings. The molecule has 2 atom stereocenters. The summed E-state index contributed by atoms with van der Waals surface area (Å²) in [7, 11) is 1.28. The number of amides is 3. The molecule has 176 valence electrons. The molecule has 0 saturated heterocycles. The van der Waals surface area contributed by atoms with Crippen LogP contribution in [0.1, 0.15) is 18.4 Å². The molecule has 0 radical (unpaired) electrons. The average molecular weight is 483 g/mol. The van der Waals surface area contributed by atoms with E-state index in [1.165, 1.54) is 49.5 Å². The lowest BCUT2D eigenvalue weighted by atomic mass is 9.96. The van der Waals surface area contributed by atoms with E-state index in [0.717, 1.165) is 16.2 Å². The van der Waals surface area contributed by atoms with Crippen molar-refractivity contribution in [2.24, 2.45) is 5.73 Å². The number of rotatable bonds is 6. The Bertz CT molecular complexity index is 1150. The second kappa shape index (κ2) is 9.71. The van der Waals surface area contributed by atoms with E-state index in [1.54, 1.807) is 6.92 Å². The number of anilines is 2. The van der Waals surface area contributed by atoms with Crippen LogP contribution in [0.3, 0.4) is 0 Å². The fourth-order valence-electron chi connectivity index (χ4n) is 3.18. The Labute approximate surface area is 190 Å². The van der Waals surface area contributed by atoms with E-state index in [0.29, 0.717) is 15.9 Å². The van der Waals surface area contributed by atoms with Crippen LogP contribution in [0.25, 0.3) is 10.2 Å². The molecular formula is C21H21F4N5O2S. The number of alkyl halides is 3. The van der Waals surface area contributed by atoms with Gasteiger partial charge in [-0.15, -0.1) is 0 Å². The molecule has 0 saturated carbocycles. The topological polar surface area (TPSA) is 100 Å². The monoisotopic (exact) mass is 483 g/mol. The molecular weight excluding hydrogens is 462 g/mol. The van der Waals surface area contributed by atoms with Crippen LogP contribution in [-0.4, -0.2) is 47.6 Å². The maximum absolute atomic E-state index is 13.8. The highest BCUT2D eigenvalue weighted by Crippen LogP contribution is 2.38. The normalized spacial score (nSPS) is 13.4. The molecule has 1 unspecified atom stereocenters. The molecule has 0 spiro atoms. The van der Waals surface area contributed by atoms with E-state index in [-0.39, 0.29) is 17.2 Å². The minimum Gasteiger partial charge on any atom is -0.343 e. The predicted octanol–water partition coefficient (Wildman–Crippen LogP) is 4.53. The number of aromatic nitrogens is 1. The number of likely N-dealkylation sites (N-methyl/N-ethyl adjacent to an activating group) is 1. The Morgan fingerprint density at radius 3 is 2.42 bits per heavy atom. The molecule has 1 heterocycles. The largest absolute Gasteiger partial charge is 0.404 e. The molecule has 3 rings (SSSR count). The number of nitrogens with zero attached hydrogens (tertiary/aromatic N) is 2. The molecule has 0 aliphatic carbocycles. The maximum atomic E-state index is 13.8. The lowest BCUT2D eigenvalue weighted by Gasteiger charge is -2.27. The number of nitrogens with two attached hydrogens (primary N) is 1. The van der Waals surface area contributed by atoms with Gasteiger partial charge in [0.25, 0.3) is 0 Å². The molecule has 12 heteroatoms. The summed E-state index contributed by atoms with van der Waals surface area (Å²) in [5, 5.41) is 5.13. The molecule has 0 bridgehead atoms. The summed E-state index contributed by atoms with van der Waals surface area (Å²) in [5.41, 5.74) is 6.09. The smallest absolute Gasteiger partial charge is 0.343 e. The number of thiazole rings is 1. The second-order valence-electron chi connectivity index (χ2n) is 7.50. The van der Waals surface area contributed by atoms with Crippen LogP contribution in [0.5, 0.6) is 0 Å². The van der Waals surface area contributed by atoms with Crippen molar-refractivity contribution in [3.05, 3.63) is 53.8 Å². The first-order valence-corrected chi connectivity index (χ1v) is 10.6. The number of fused-ring (bicyclic) bond motifs is 1. The molecule has 0 aliphatic heterocycles. The first-order valence-electron chi connectivity index (χ1n) is 9.75. The van der Waals surface area contributed by atoms with Crippen molar-refractivity contribution in [1.82, 2.24) is 9.88 Å². The first-order chi connectivity index (χ1) is 15.4. The first kappa shape index (κ1) is 24.4. The van der Waals surface area contributed by atoms with Crippen LogP contribution in [-0.2, 0) is 4.79 Å². The molecule has 3 amide bonds. The van der Waals surface area contributed by atoms with Crippen molar-refractivity contribution >= 4 is 44.3 Å². The zero-order valence-electron chi connectivity index (χ0n) is 17.6. The van der Waals surface area contributed by atoms with Gasteiger partial charge in [0, 0.05) is 25.3 Å². The van der Waals surface area contributed by atoms with Gasteiger partial charge in [-0.05, 0) is 48.9 Å². The summed E-state index contributed by atoms with van der Waals surface area (Å²) in [6.07, 6.45) is -4.81. The zero-order chi connectivity index (χ0) is 24.3. The highest BCUT2D eigenvalue weighted by atomic mass is 32.1. The van der Waals surface area contributed by atoms with Crippen molar-refractivity contribution in [1.29, 1.82) is 0 Å². The average Bonchev–Trinajstić information content (AvgIpc) is 3.09. The SMILES string of the molecule is CC(N)CN(C)C(=O)[C@@H](c1ccc2nc(NC(=O)Nc3ccc(F)cc3)sc2c1)C(F)(F)F. The molecule has 7 nitrogen and oxygen atoms in total. The number of nitrogens with one attached hydrogen (secondary N) is 2. The number of urea groups is 1. The summed E-state index contributed by atoms with van der Waals surface area (Å²) in [4.78, 5) is 29.8. The van der Waals surface area contributed by atoms with Crippen LogP contribution in [0, 0.1) is 5.82 Å². The summed E-state index contributed by atoms with van der Waals surface area (Å²) < 4.78 is 54.7. The van der Waals surface area contributed by atoms with Gasteiger partial charge in [0.15, 0.2) is 11.0 Å². The quantitative estimate of drug-likeness (QED) is 0.449. The van der Waals surface area contributed by atoms with E-state index in [2.05, 4.69) is 15.6 Å². The van der Waals surface area contributed by atoms with Gasteiger partial charge in [-0.2, -0.15) is 13.2 Å². The summed E-state index contributed by atoms with van der Waals surface area (Å²) in [6.45, 7) is 1.57. The van der Waals surface area contributed by atoms with E-state index in [4.69, 9.17) is 5.73 Å². The second-order valence-corrected chi connectivity index (χ2v) is 8.53. The third-order valence-electron chi connectivity index (χ3n) is 4.58. The predicted molar refractivity (Wildman–Crippen MR) is 119 cm³/mol. The van der Waals surface area contributed by atoms with Crippen molar-refractivity contribution in [3.8, 4) is 0 Å². The third-order valence-corrected chi connectivity index (χ3v) is 5.51. The zero-order valence-corrected chi connectivity index (χ0v) is 18.4. The van der Waals surface area contributed by atoms with Gasteiger partial charge in [0.1, 0.15) is 5.82 Å². The number of benzene rings is 2. The Hall–Kier alpha value is -3.25. The maximum Gasteiger partial charge on any atom is 0.404 e. The lowest BCUT2D eigenvalue weighted by Crippen LogP contribution is -2.43. The number of carbonyl (C=O) groups excluding carboxylic acids is 2. The Morgan fingerprint density at radius 1 is 1.15 bits per heavy atom. The molecule has 3 aromatic rings. The van der Waals surface area contributed by atoms with E-state index >= 15 is 0 Å².